The van der Waals surface area contributed by atoms with E-state index in [1.807, 2.05) is 10.8 Å². The van der Waals surface area contributed by atoms with Gasteiger partial charge in [0, 0.05) is 20.4 Å². The van der Waals surface area contributed by atoms with Crippen molar-refractivity contribution >= 4 is 38.9 Å². The van der Waals surface area contributed by atoms with Gasteiger partial charge in [0.25, 0.3) is 0 Å². The summed E-state index contributed by atoms with van der Waals surface area (Å²) in [7, 11) is 1.79. The number of rotatable bonds is 3. The third-order valence-electron chi connectivity index (χ3n) is 2.53. The summed E-state index contributed by atoms with van der Waals surface area (Å²) < 4.78 is 14.8. The lowest BCUT2D eigenvalue weighted by Crippen LogP contribution is -2.19. The molecule has 0 amide bonds. The van der Waals surface area contributed by atoms with Gasteiger partial charge in [-0.1, -0.05) is 17.7 Å². The maximum absolute atomic E-state index is 13.9. The molecule has 0 fully saturated rings. The van der Waals surface area contributed by atoms with Crippen molar-refractivity contribution in [2.75, 3.05) is 7.05 Å². The summed E-state index contributed by atoms with van der Waals surface area (Å²) in [6.45, 7) is 0. The van der Waals surface area contributed by atoms with Crippen LogP contribution < -0.4 is 5.32 Å². The Hall–Kier alpha value is -0.420. The van der Waals surface area contributed by atoms with E-state index in [9.17, 15) is 4.39 Å². The molecule has 0 radical (unpaired) electrons. The first-order valence-corrected chi connectivity index (χ1v) is 7.09. The number of thiophene rings is 1. The first-order chi connectivity index (χ1) is 8.15. The van der Waals surface area contributed by atoms with Crippen LogP contribution in [0.4, 0.5) is 4.39 Å². The second-order valence-electron chi connectivity index (χ2n) is 3.53. The van der Waals surface area contributed by atoms with Gasteiger partial charge >= 0.3 is 0 Å². The molecule has 1 N–H and O–H groups in total. The summed E-state index contributed by atoms with van der Waals surface area (Å²) in [6.07, 6.45) is 0. The van der Waals surface area contributed by atoms with E-state index in [-0.39, 0.29) is 11.9 Å². The number of hydrogen-bond acceptors (Lipinski definition) is 2. The highest BCUT2D eigenvalue weighted by molar-refractivity contribution is 9.10. The molecule has 1 aromatic heterocycles. The zero-order valence-electron chi connectivity index (χ0n) is 9.01. The second-order valence-corrected chi connectivity index (χ2v) is 5.54. The van der Waals surface area contributed by atoms with Crippen LogP contribution in [0.5, 0.6) is 0 Å². The normalized spacial score (nSPS) is 12.7. The average molecular weight is 335 g/mol. The van der Waals surface area contributed by atoms with Gasteiger partial charge in [0.05, 0.1) is 6.04 Å². The van der Waals surface area contributed by atoms with Gasteiger partial charge in [-0.05, 0) is 46.1 Å². The summed E-state index contributed by atoms with van der Waals surface area (Å²) in [4.78, 5) is 0. The van der Waals surface area contributed by atoms with E-state index in [1.54, 1.807) is 30.5 Å². The Bertz CT molecular complexity index is 509. The third-order valence-corrected chi connectivity index (χ3v) is 4.61. The highest BCUT2D eigenvalue weighted by Gasteiger charge is 2.21. The number of benzene rings is 1. The summed E-state index contributed by atoms with van der Waals surface area (Å²) >= 11 is 11.1. The molecule has 0 saturated carbocycles. The Morgan fingerprint density at radius 3 is 2.71 bits per heavy atom. The van der Waals surface area contributed by atoms with Crippen LogP contribution in [0.2, 0.25) is 5.02 Å². The van der Waals surface area contributed by atoms with Crippen molar-refractivity contribution < 1.29 is 4.39 Å². The fourth-order valence-electron chi connectivity index (χ4n) is 1.74. The maximum atomic E-state index is 13.9. The van der Waals surface area contributed by atoms with Crippen molar-refractivity contribution in [2.24, 2.45) is 0 Å². The molecular weight excluding hydrogens is 325 g/mol. The van der Waals surface area contributed by atoms with Gasteiger partial charge in [-0.3, -0.25) is 0 Å². The largest absolute Gasteiger partial charge is 0.309 e. The van der Waals surface area contributed by atoms with Gasteiger partial charge in [0.15, 0.2) is 0 Å². The van der Waals surface area contributed by atoms with Gasteiger partial charge in [-0.2, -0.15) is 11.3 Å². The van der Waals surface area contributed by atoms with Gasteiger partial charge < -0.3 is 5.32 Å². The molecule has 0 saturated heterocycles. The van der Waals surface area contributed by atoms with Crippen molar-refractivity contribution in [3.8, 4) is 0 Å². The van der Waals surface area contributed by atoms with E-state index in [2.05, 4.69) is 21.2 Å². The van der Waals surface area contributed by atoms with E-state index >= 15 is 0 Å². The number of hydrogen-bond donors (Lipinski definition) is 1. The number of nitrogens with one attached hydrogen (secondary N) is 1. The lowest BCUT2D eigenvalue weighted by atomic mass is 10.0. The highest BCUT2D eigenvalue weighted by atomic mass is 79.9. The van der Waals surface area contributed by atoms with Crippen LogP contribution in [-0.4, -0.2) is 7.05 Å². The van der Waals surface area contributed by atoms with Crippen LogP contribution in [-0.2, 0) is 0 Å². The molecule has 90 valence electrons. The van der Waals surface area contributed by atoms with Crippen LogP contribution >= 0.6 is 38.9 Å². The van der Waals surface area contributed by atoms with Crippen LogP contribution in [0.1, 0.15) is 17.2 Å². The van der Waals surface area contributed by atoms with Gasteiger partial charge in [0.2, 0.25) is 0 Å². The molecule has 2 rings (SSSR count). The standard InChI is InChI=1S/C12H10BrClFNS/c1-16-12(7-5-17-6-8(7)13)11-9(14)3-2-4-10(11)15/h2-6,12,16H,1H3. The summed E-state index contributed by atoms with van der Waals surface area (Å²) in [5.41, 5.74) is 1.47. The molecule has 0 aliphatic heterocycles. The lowest BCUT2D eigenvalue weighted by Gasteiger charge is -2.18. The lowest BCUT2D eigenvalue weighted by molar-refractivity contribution is 0.576. The fraction of sp³-hybridized carbons (Fsp3) is 0.167. The maximum Gasteiger partial charge on any atom is 0.129 e. The summed E-state index contributed by atoms with van der Waals surface area (Å²) in [6, 6.07) is 4.48. The van der Waals surface area contributed by atoms with E-state index in [4.69, 9.17) is 11.6 Å². The van der Waals surface area contributed by atoms with Crippen LogP contribution in [0, 0.1) is 5.82 Å². The van der Waals surface area contributed by atoms with Crippen molar-refractivity contribution in [3.63, 3.8) is 0 Å². The molecule has 17 heavy (non-hydrogen) atoms. The van der Waals surface area contributed by atoms with E-state index < -0.39 is 0 Å². The smallest absolute Gasteiger partial charge is 0.129 e. The van der Waals surface area contributed by atoms with Crippen LogP contribution in [0.25, 0.3) is 0 Å². The SMILES string of the molecule is CNC(c1cscc1Br)c1c(F)cccc1Cl. The molecule has 0 bridgehead atoms. The van der Waals surface area contributed by atoms with Crippen molar-refractivity contribution in [1.29, 1.82) is 0 Å². The predicted octanol–water partition coefficient (Wildman–Crippen LogP) is 4.61. The minimum absolute atomic E-state index is 0.246. The highest BCUT2D eigenvalue weighted by Crippen LogP contribution is 2.35. The van der Waals surface area contributed by atoms with Crippen molar-refractivity contribution in [1.82, 2.24) is 5.32 Å². The average Bonchev–Trinajstić information content (AvgIpc) is 2.70. The first-order valence-electron chi connectivity index (χ1n) is 4.98. The second kappa shape index (κ2) is 5.48. The van der Waals surface area contributed by atoms with E-state index in [1.165, 1.54) is 6.07 Å². The molecular formula is C12H10BrClFNS. The molecule has 1 aromatic carbocycles. The third kappa shape index (κ3) is 2.55. The first kappa shape index (κ1) is 13.0. The Kier molecular flexibility index (Phi) is 4.20. The van der Waals surface area contributed by atoms with Gasteiger partial charge in [-0.25, -0.2) is 4.39 Å². The molecule has 5 heteroatoms. The summed E-state index contributed by atoms with van der Waals surface area (Å²) in [5.74, 6) is -0.296. The van der Waals surface area contributed by atoms with E-state index in [0.29, 0.717) is 10.6 Å². The molecule has 0 aliphatic carbocycles. The number of halogens is 3. The van der Waals surface area contributed by atoms with Gasteiger partial charge in [0.1, 0.15) is 5.82 Å². The minimum Gasteiger partial charge on any atom is -0.309 e. The molecule has 1 unspecified atom stereocenters. The zero-order valence-corrected chi connectivity index (χ0v) is 12.2. The molecule has 0 aliphatic rings. The Morgan fingerprint density at radius 2 is 2.18 bits per heavy atom. The Morgan fingerprint density at radius 1 is 1.41 bits per heavy atom. The van der Waals surface area contributed by atoms with Crippen LogP contribution in [0.15, 0.2) is 33.4 Å². The van der Waals surface area contributed by atoms with Crippen LogP contribution in [0.3, 0.4) is 0 Å². The molecule has 1 heterocycles. The predicted molar refractivity (Wildman–Crippen MR) is 74.3 cm³/mol. The monoisotopic (exact) mass is 333 g/mol. The summed E-state index contributed by atoms with van der Waals surface area (Å²) in [5, 5.41) is 7.48. The van der Waals surface area contributed by atoms with Crippen molar-refractivity contribution in [3.05, 3.63) is 55.4 Å². The molecule has 1 nitrogen and oxygen atoms in total. The quantitative estimate of drug-likeness (QED) is 0.864. The van der Waals surface area contributed by atoms with Gasteiger partial charge in [-0.15, -0.1) is 0 Å². The minimum atomic E-state index is -0.296. The Labute approximate surface area is 117 Å². The molecule has 1 atom stereocenters. The Balaban J connectivity index is 2.53. The molecule has 2 aromatic rings. The fourth-order valence-corrected chi connectivity index (χ4v) is 3.56. The topological polar surface area (TPSA) is 12.0 Å². The zero-order chi connectivity index (χ0) is 12.4. The molecule has 0 spiro atoms. The van der Waals surface area contributed by atoms with Crippen molar-refractivity contribution in [2.45, 2.75) is 6.04 Å². The van der Waals surface area contributed by atoms with E-state index in [0.717, 1.165) is 10.0 Å².